The van der Waals surface area contributed by atoms with Crippen LogP contribution in [-0.2, 0) is 32.0 Å². The lowest BCUT2D eigenvalue weighted by Crippen LogP contribution is -2.35. The number of nitrogens with one attached hydrogen (secondary N) is 1. The van der Waals surface area contributed by atoms with Crippen LogP contribution in [0.15, 0.2) is 195 Å². The number of hydrogen-bond donors (Lipinski definition) is 1. The van der Waals surface area contributed by atoms with Gasteiger partial charge in [-0.2, -0.15) is 0 Å². The summed E-state index contributed by atoms with van der Waals surface area (Å²) in [6, 6.07) is 60.7. The monoisotopic (exact) mass is 982 g/mol. The second-order valence-electron chi connectivity index (χ2n) is 17.6. The van der Waals surface area contributed by atoms with Gasteiger partial charge < -0.3 is 38.5 Å². The van der Waals surface area contributed by atoms with Gasteiger partial charge in [-0.3, -0.25) is 4.57 Å². The molecule has 2 aromatic heterocycles. The third-order valence-corrected chi connectivity index (χ3v) is 13.4. The number of fused-ring (bicyclic) bond motifs is 1. The number of rotatable bonds is 19. The van der Waals surface area contributed by atoms with Crippen LogP contribution in [-0.4, -0.2) is 67.2 Å². The van der Waals surface area contributed by atoms with Crippen molar-refractivity contribution in [1.29, 1.82) is 0 Å². The lowest BCUT2D eigenvalue weighted by atomic mass is 9.80. The Bertz CT molecular complexity index is 3230. The molecule has 74 heavy (non-hydrogen) atoms. The number of ether oxygens (including phenoxy) is 7. The number of imidazole rings is 1. The number of hydrogen-bond acceptors (Lipinski definition) is 11. The molecule has 0 spiro atoms. The molecule has 12 heteroatoms. The van der Waals surface area contributed by atoms with E-state index in [-0.39, 0.29) is 18.9 Å². The van der Waals surface area contributed by atoms with Crippen molar-refractivity contribution in [3.63, 3.8) is 0 Å². The maximum Gasteiger partial charge on any atom is 0.167 e. The summed E-state index contributed by atoms with van der Waals surface area (Å²) >= 11 is 0. The summed E-state index contributed by atoms with van der Waals surface area (Å²) in [6.07, 6.45) is 5.37. The van der Waals surface area contributed by atoms with Crippen LogP contribution in [0.25, 0.3) is 11.2 Å². The van der Waals surface area contributed by atoms with Crippen molar-refractivity contribution in [3.05, 3.63) is 246 Å². The fraction of sp³-hybridized carbons (Fsp3) is 0.194. The number of aromatic nitrogens is 4. The van der Waals surface area contributed by atoms with Gasteiger partial charge >= 0.3 is 0 Å². The molecule has 371 valence electrons. The molecule has 9 aromatic rings. The molecule has 0 amide bonds. The van der Waals surface area contributed by atoms with Gasteiger partial charge in [-0.15, -0.1) is 0 Å². The van der Waals surface area contributed by atoms with Gasteiger partial charge in [0.05, 0.1) is 60.6 Å². The van der Waals surface area contributed by atoms with Crippen molar-refractivity contribution >= 4 is 17.0 Å². The average molecular weight is 983 g/mol. The molecule has 0 bridgehead atoms. The van der Waals surface area contributed by atoms with Gasteiger partial charge in [-0.25, -0.2) is 15.0 Å². The van der Waals surface area contributed by atoms with Gasteiger partial charge in [0.2, 0.25) is 0 Å². The first-order chi connectivity index (χ1) is 36.4. The van der Waals surface area contributed by atoms with Crippen LogP contribution < -0.4 is 24.3 Å². The van der Waals surface area contributed by atoms with E-state index in [4.69, 9.17) is 38.1 Å². The number of nitrogens with zero attached hydrogens (tertiary/aromatic N) is 4. The van der Waals surface area contributed by atoms with Crippen LogP contribution in [0.5, 0.6) is 23.0 Å². The molecule has 1 aliphatic rings. The fourth-order valence-corrected chi connectivity index (χ4v) is 9.62. The van der Waals surface area contributed by atoms with Crippen molar-refractivity contribution in [1.82, 2.24) is 19.5 Å². The van der Waals surface area contributed by atoms with E-state index in [1.807, 2.05) is 126 Å². The Labute approximate surface area is 431 Å². The van der Waals surface area contributed by atoms with E-state index in [0.29, 0.717) is 36.6 Å². The van der Waals surface area contributed by atoms with Crippen LogP contribution in [0.4, 0.5) is 5.82 Å². The molecule has 12 nitrogen and oxygen atoms in total. The lowest BCUT2D eigenvalue weighted by Gasteiger charge is -2.37. The highest BCUT2D eigenvalue weighted by atomic mass is 16.6. The van der Waals surface area contributed by atoms with E-state index in [2.05, 4.69) is 94.2 Å². The Kier molecular flexibility index (Phi) is 15.0. The van der Waals surface area contributed by atoms with Gasteiger partial charge in [0.25, 0.3) is 0 Å². The normalized spacial score (nSPS) is 14.5. The Balaban J connectivity index is 0.829. The predicted octanol–water partition coefficient (Wildman–Crippen LogP) is 11.3. The Morgan fingerprint density at radius 3 is 1.58 bits per heavy atom. The molecule has 1 radical (unpaired) electrons. The number of benzene rings is 7. The maximum atomic E-state index is 7.15. The van der Waals surface area contributed by atoms with Crippen LogP contribution in [0.3, 0.4) is 0 Å². The Morgan fingerprint density at radius 1 is 0.568 bits per heavy atom. The molecule has 2 atom stereocenters. The van der Waals surface area contributed by atoms with Gasteiger partial charge in [0, 0.05) is 5.56 Å². The third kappa shape index (κ3) is 10.1. The average Bonchev–Trinajstić information content (AvgIpc) is 4.14. The zero-order chi connectivity index (χ0) is 50.7. The van der Waals surface area contributed by atoms with Crippen LogP contribution in [0.1, 0.15) is 57.2 Å². The Hall–Kier alpha value is -8.47. The van der Waals surface area contributed by atoms with Crippen LogP contribution in [0.2, 0.25) is 0 Å². The molecular formula is C62H56N5O7. The van der Waals surface area contributed by atoms with Gasteiger partial charge in [0.15, 0.2) is 17.0 Å². The van der Waals surface area contributed by atoms with Crippen molar-refractivity contribution in [2.45, 2.75) is 36.6 Å². The van der Waals surface area contributed by atoms with E-state index < -0.39 is 11.2 Å². The van der Waals surface area contributed by atoms with Crippen molar-refractivity contribution in [3.8, 4) is 34.8 Å². The minimum atomic E-state index is -0.975. The zero-order valence-electron chi connectivity index (χ0n) is 41.7. The molecule has 1 aliphatic heterocycles. The van der Waals surface area contributed by atoms with E-state index >= 15 is 0 Å². The second-order valence-corrected chi connectivity index (χ2v) is 17.6. The third-order valence-electron chi connectivity index (χ3n) is 13.4. The zero-order valence-corrected chi connectivity index (χ0v) is 41.7. The van der Waals surface area contributed by atoms with Crippen LogP contribution in [0, 0.1) is 18.3 Å². The van der Waals surface area contributed by atoms with E-state index in [1.54, 1.807) is 34.8 Å². The highest BCUT2D eigenvalue weighted by molar-refractivity contribution is 5.82. The summed E-state index contributed by atoms with van der Waals surface area (Å²) in [6.45, 7) is 0.902. The lowest BCUT2D eigenvalue weighted by molar-refractivity contribution is -0.0702. The molecular weight excluding hydrogens is 927 g/mol. The second kappa shape index (κ2) is 22.5. The van der Waals surface area contributed by atoms with Gasteiger partial charge in [0.1, 0.15) is 46.8 Å². The van der Waals surface area contributed by atoms with Crippen LogP contribution >= 0.6 is 0 Å². The molecule has 1 saturated heterocycles. The molecule has 7 aromatic carbocycles. The van der Waals surface area contributed by atoms with Crippen molar-refractivity contribution in [2.24, 2.45) is 0 Å². The first-order valence-corrected chi connectivity index (χ1v) is 24.4. The number of anilines is 1. The summed E-state index contributed by atoms with van der Waals surface area (Å²) in [5.74, 6) is 10.2. The largest absolute Gasteiger partial charge is 0.497 e. The minimum absolute atomic E-state index is 0.272. The molecule has 10 rings (SSSR count). The number of methoxy groups -OCH3 is 4. The highest BCUT2D eigenvalue weighted by Gasteiger charge is 2.41. The molecule has 0 saturated carbocycles. The standard InChI is InChI=1S/C62H56N5O7/c1-68-52-28-20-48(21-29-52)61(46-16-7-5-8-17-46,49-22-30-53(69-2)31-23-49)72-40-45-14-11-13-44(39-45)15-12-38-63-59-58-60(65-42-64-59)67(43-66-58)57-37-36-56(74-57)41-73-62(47-18-9-6-10-19-47,50-24-32-54(70-3)33-25-50)51-26-34-55(71-4)35-27-51/h5-11,13-14,16-36,39,42-43,56-57H,37-38,40-41H2,1-4H3,(H,63,64,65)/t56-,57-/m1/s1. The van der Waals surface area contributed by atoms with E-state index in [1.165, 1.54) is 6.33 Å². The summed E-state index contributed by atoms with van der Waals surface area (Å²) in [5.41, 5.74) is 6.94. The van der Waals surface area contributed by atoms with E-state index in [0.717, 1.165) is 67.5 Å². The first kappa shape index (κ1) is 49.1. The molecule has 0 unspecified atom stereocenters. The van der Waals surface area contributed by atoms with Crippen molar-refractivity contribution < 1.29 is 33.2 Å². The van der Waals surface area contributed by atoms with Crippen molar-refractivity contribution in [2.75, 3.05) is 46.9 Å². The van der Waals surface area contributed by atoms with E-state index in [9.17, 15) is 0 Å². The van der Waals surface area contributed by atoms with Gasteiger partial charge in [-0.05, 0) is 112 Å². The summed E-state index contributed by atoms with van der Waals surface area (Å²) in [4.78, 5) is 13.9. The Morgan fingerprint density at radius 2 is 1.07 bits per heavy atom. The summed E-state index contributed by atoms with van der Waals surface area (Å²) in [5, 5.41) is 3.37. The quantitative estimate of drug-likeness (QED) is 0.0616. The molecule has 1 fully saturated rings. The fourth-order valence-electron chi connectivity index (χ4n) is 9.62. The summed E-state index contributed by atoms with van der Waals surface area (Å²) in [7, 11) is 6.66. The van der Waals surface area contributed by atoms with Gasteiger partial charge in [-0.1, -0.05) is 133 Å². The minimum Gasteiger partial charge on any atom is -0.497 e. The molecule has 3 heterocycles. The topological polar surface area (TPSA) is 120 Å². The smallest absolute Gasteiger partial charge is 0.167 e. The first-order valence-electron chi connectivity index (χ1n) is 24.4. The summed E-state index contributed by atoms with van der Waals surface area (Å²) < 4.78 is 45.1. The predicted molar refractivity (Wildman–Crippen MR) is 285 cm³/mol. The maximum absolute atomic E-state index is 7.15. The molecule has 0 aliphatic carbocycles. The SMILES string of the molecule is COc1ccc(C(OCc2cccc(C#CCNc3ncnc4c3ncn4[C@H]3C[CH][C@H](COC(c4ccccc4)(c4ccc(OC)cc4)c4ccc(OC)cc4)O3)c2)(c2ccccc2)c2ccc(OC)cc2)cc1. The molecule has 1 N–H and O–H groups in total. The highest BCUT2D eigenvalue weighted by Crippen LogP contribution is 2.44.